The highest BCUT2D eigenvalue weighted by Gasteiger charge is 2.19. The minimum atomic E-state index is -0.116. The van der Waals surface area contributed by atoms with Gasteiger partial charge in [0.25, 0.3) is 0 Å². The molecular weight excluding hydrogens is 340 g/mol. The molecule has 0 aliphatic carbocycles. The lowest BCUT2D eigenvalue weighted by molar-refractivity contribution is 0.415. The molecule has 2 rings (SSSR count). The molecule has 2 aromatic rings. The molecule has 0 saturated heterocycles. The van der Waals surface area contributed by atoms with Crippen molar-refractivity contribution >= 4 is 27.5 Å². The van der Waals surface area contributed by atoms with E-state index in [1.54, 1.807) is 7.11 Å². The smallest absolute Gasteiger partial charge is 0.138 e. The summed E-state index contributed by atoms with van der Waals surface area (Å²) in [5, 5.41) is 0.584. The van der Waals surface area contributed by atoms with Gasteiger partial charge in [-0.3, -0.25) is 0 Å². The number of ether oxygens (including phenoxy) is 1. The summed E-state index contributed by atoms with van der Waals surface area (Å²) >= 11 is 9.50. The van der Waals surface area contributed by atoms with Gasteiger partial charge < -0.3 is 4.74 Å². The van der Waals surface area contributed by atoms with Crippen molar-refractivity contribution in [1.82, 2.24) is 9.97 Å². The third-order valence-corrected chi connectivity index (χ3v) is 3.53. The minimum absolute atomic E-state index is 0.116. The molecule has 20 heavy (non-hydrogen) atoms. The van der Waals surface area contributed by atoms with Crippen molar-refractivity contribution in [2.45, 2.75) is 26.2 Å². The van der Waals surface area contributed by atoms with Crippen LogP contribution in [-0.4, -0.2) is 17.1 Å². The Balaban J connectivity index is 2.55. The van der Waals surface area contributed by atoms with Gasteiger partial charge in [0.05, 0.1) is 17.8 Å². The summed E-state index contributed by atoms with van der Waals surface area (Å²) in [6.45, 7) is 6.25. The van der Waals surface area contributed by atoms with E-state index in [2.05, 4.69) is 46.7 Å². The average Bonchev–Trinajstić information content (AvgIpc) is 2.37. The van der Waals surface area contributed by atoms with E-state index >= 15 is 0 Å². The van der Waals surface area contributed by atoms with Crippen molar-refractivity contribution in [3.63, 3.8) is 0 Å². The molecule has 0 bridgehead atoms. The Morgan fingerprint density at radius 2 is 1.85 bits per heavy atom. The van der Waals surface area contributed by atoms with E-state index < -0.39 is 0 Å². The monoisotopic (exact) mass is 354 g/mol. The maximum absolute atomic E-state index is 6.05. The van der Waals surface area contributed by atoms with Crippen LogP contribution >= 0.6 is 27.5 Å². The van der Waals surface area contributed by atoms with Crippen LogP contribution in [0.5, 0.6) is 5.75 Å². The van der Waals surface area contributed by atoms with Gasteiger partial charge in [0.2, 0.25) is 0 Å². The number of halogens is 2. The van der Waals surface area contributed by atoms with E-state index in [1.165, 1.54) is 0 Å². The fraction of sp³-hybridized carbons (Fsp3) is 0.333. The summed E-state index contributed by atoms with van der Waals surface area (Å²) in [6.07, 6.45) is 0. The zero-order chi connectivity index (χ0) is 14.9. The fourth-order valence-electron chi connectivity index (χ4n) is 1.72. The molecule has 0 atom stereocenters. The Hall–Kier alpha value is -1.13. The Bertz CT molecular complexity index is 638. The SMILES string of the molecule is COc1cc(-c2cc(Br)nc(C(C)(C)C)n2)ccc1Cl. The predicted octanol–water partition coefficient (Wildman–Crippen LogP) is 4.87. The molecule has 0 spiro atoms. The van der Waals surface area contributed by atoms with Gasteiger partial charge in [-0.05, 0) is 34.1 Å². The first kappa shape index (κ1) is 15.3. The van der Waals surface area contributed by atoms with Crippen molar-refractivity contribution < 1.29 is 4.74 Å². The molecule has 3 nitrogen and oxygen atoms in total. The molecule has 0 amide bonds. The molecule has 0 radical (unpaired) electrons. The first-order valence-electron chi connectivity index (χ1n) is 6.20. The average molecular weight is 356 g/mol. The Morgan fingerprint density at radius 3 is 2.45 bits per heavy atom. The van der Waals surface area contributed by atoms with Crippen LogP contribution in [0.15, 0.2) is 28.9 Å². The van der Waals surface area contributed by atoms with Crippen LogP contribution in [0.1, 0.15) is 26.6 Å². The fourth-order valence-corrected chi connectivity index (χ4v) is 2.30. The summed E-state index contributed by atoms with van der Waals surface area (Å²) in [5.74, 6) is 1.42. The van der Waals surface area contributed by atoms with E-state index in [0.29, 0.717) is 10.8 Å². The molecule has 1 aromatic carbocycles. The lowest BCUT2D eigenvalue weighted by Crippen LogP contribution is -2.16. The molecule has 0 fully saturated rings. The van der Waals surface area contributed by atoms with Crippen molar-refractivity contribution in [3.05, 3.63) is 39.7 Å². The van der Waals surface area contributed by atoms with E-state index in [4.69, 9.17) is 16.3 Å². The lowest BCUT2D eigenvalue weighted by Gasteiger charge is -2.17. The molecule has 1 heterocycles. The summed E-state index contributed by atoms with van der Waals surface area (Å²) in [4.78, 5) is 9.08. The third-order valence-electron chi connectivity index (χ3n) is 2.81. The van der Waals surface area contributed by atoms with Gasteiger partial charge in [-0.2, -0.15) is 0 Å². The highest BCUT2D eigenvalue weighted by Crippen LogP contribution is 2.31. The van der Waals surface area contributed by atoms with Crippen LogP contribution in [0, 0.1) is 0 Å². The van der Waals surface area contributed by atoms with Crippen LogP contribution in [0.25, 0.3) is 11.3 Å². The van der Waals surface area contributed by atoms with Crippen LogP contribution in [0.2, 0.25) is 5.02 Å². The second kappa shape index (κ2) is 5.70. The second-order valence-electron chi connectivity index (χ2n) is 5.50. The molecule has 0 unspecified atom stereocenters. The van der Waals surface area contributed by atoms with Gasteiger partial charge in [0.1, 0.15) is 16.2 Å². The largest absolute Gasteiger partial charge is 0.495 e. The van der Waals surface area contributed by atoms with Gasteiger partial charge in [-0.25, -0.2) is 9.97 Å². The zero-order valence-electron chi connectivity index (χ0n) is 11.9. The number of hydrogen-bond acceptors (Lipinski definition) is 3. The van der Waals surface area contributed by atoms with Crippen molar-refractivity contribution in [2.75, 3.05) is 7.11 Å². The van der Waals surface area contributed by atoms with Crippen LogP contribution in [-0.2, 0) is 5.41 Å². The minimum Gasteiger partial charge on any atom is -0.495 e. The van der Waals surface area contributed by atoms with E-state index in [-0.39, 0.29) is 5.41 Å². The molecule has 1 aromatic heterocycles. The zero-order valence-corrected chi connectivity index (χ0v) is 14.2. The standard InChI is InChI=1S/C15H16BrClN2O/c1-15(2,3)14-18-11(8-13(16)19-14)9-5-6-10(17)12(7-9)20-4/h5-8H,1-4H3. The van der Waals surface area contributed by atoms with Gasteiger partial charge in [0.15, 0.2) is 0 Å². The number of rotatable bonds is 2. The maximum atomic E-state index is 6.05. The molecule has 106 valence electrons. The normalized spacial score (nSPS) is 11.5. The molecular formula is C15H16BrClN2O. The lowest BCUT2D eigenvalue weighted by atomic mass is 9.95. The van der Waals surface area contributed by atoms with E-state index in [1.807, 2.05) is 24.3 Å². The number of aromatic nitrogens is 2. The quantitative estimate of drug-likeness (QED) is 0.721. The highest BCUT2D eigenvalue weighted by molar-refractivity contribution is 9.10. The predicted molar refractivity (Wildman–Crippen MR) is 85.4 cm³/mol. The molecule has 0 aliphatic rings. The highest BCUT2D eigenvalue weighted by atomic mass is 79.9. The number of hydrogen-bond donors (Lipinski definition) is 0. The number of methoxy groups -OCH3 is 1. The summed E-state index contributed by atoms with van der Waals surface area (Å²) in [6, 6.07) is 7.50. The van der Waals surface area contributed by atoms with E-state index in [0.717, 1.165) is 21.7 Å². The molecule has 0 aliphatic heterocycles. The first-order valence-corrected chi connectivity index (χ1v) is 7.37. The molecule has 0 N–H and O–H groups in total. The maximum Gasteiger partial charge on any atom is 0.138 e. The summed E-state index contributed by atoms with van der Waals surface area (Å²) in [5.41, 5.74) is 1.67. The number of benzene rings is 1. The third kappa shape index (κ3) is 3.30. The topological polar surface area (TPSA) is 35.0 Å². The Kier molecular flexibility index (Phi) is 4.35. The van der Waals surface area contributed by atoms with Gasteiger partial charge in [0, 0.05) is 11.0 Å². The van der Waals surface area contributed by atoms with Gasteiger partial charge in [-0.1, -0.05) is 38.4 Å². The van der Waals surface area contributed by atoms with Crippen LogP contribution < -0.4 is 4.74 Å². The second-order valence-corrected chi connectivity index (χ2v) is 6.72. The van der Waals surface area contributed by atoms with Gasteiger partial charge in [-0.15, -0.1) is 0 Å². The Labute approximate surface area is 132 Å². The first-order chi connectivity index (χ1) is 9.31. The van der Waals surface area contributed by atoms with Crippen molar-refractivity contribution in [3.8, 4) is 17.0 Å². The molecule has 0 saturated carbocycles. The van der Waals surface area contributed by atoms with Crippen molar-refractivity contribution in [2.24, 2.45) is 0 Å². The van der Waals surface area contributed by atoms with Gasteiger partial charge >= 0.3 is 0 Å². The number of nitrogens with zero attached hydrogens (tertiary/aromatic N) is 2. The molecule has 5 heteroatoms. The van der Waals surface area contributed by atoms with Crippen LogP contribution in [0.4, 0.5) is 0 Å². The Morgan fingerprint density at radius 1 is 1.15 bits per heavy atom. The summed E-state index contributed by atoms with van der Waals surface area (Å²) < 4.78 is 6.01. The van der Waals surface area contributed by atoms with Crippen molar-refractivity contribution in [1.29, 1.82) is 0 Å². The van der Waals surface area contributed by atoms with E-state index in [9.17, 15) is 0 Å². The summed E-state index contributed by atoms with van der Waals surface area (Å²) in [7, 11) is 1.60. The van der Waals surface area contributed by atoms with Crippen LogP contribution in [0.3, 0.4) is 0 Å².